The Balaban J connectivity index is 1.80. The third-order valence-electron chi connectivity index (χ3n) is 14.6. The van der Waals surface area contributed by atoms with Crippen LogP contribution in [0.15, 0.2) is 72.5 Å². The molecule has 0 amide bonds. The molecule has 3 aliphatic rings. The standard InChI is InChI=1S/C62H80O8P2/c1-55(2,3)34-27-24-28-35(56(4,5)6)40(34)43-44(41-36(57(7,8)9)29-25-30-37(41)58(10,11)12)51-46-45(42-38(59(13,14)15)31-26-32-39(42)60(16,17)18)50(43)64-69-72(70-65-51)67-53-49-47(46)48(61(19,20)21)52-54(53)68-71(66-52)63-33-62(49,22)23/h24-32H,33H2,1-23H3. The summed E-state index contributed by atoms with van der Waals surface area (Å²) in [4.78, 5) is 0. The maximum Gasteiger partial charge on any atom is 0.528 e. The highest BCUT2D eigenvalue weighted by molar-refractivity contribution is 7.43. The van der Waals surface area contributed by atoms with Crippen molar-refractivity contribution in [3.8, 4) is 61.8 Å². The first kappa shape index (κ1) is 52.3. The predicted octanol–water partition coefficient (Wildman–Crippen LogP) is 20.1. The fourth-order valence-electron chi connectivity index (χ4n) is 11.3. The third kappa shape index (κ3) is 8.62. The Morgan fingerprint density at radius 1 is 0.375 bits per heavy atom. The number of rotatable bonds is 3. The van der Waals surface area contributed by atoms with Gasteiger partial charge in [-0.2, -0.15) is 8.71 Å². The molecule has 72 heavy (non-hydrogen) atoms. The van der Waals surface area contributed by atoms with Gasteiger partial charge in [0.15, 0.2) is 22.7 Å². The van der Waals surface area contributed by atoms with Gasteiger partial charge in [0.2, 0.25) is 5.75 Å². The third-order valence-corrected chi connectivity index (χ3v) is 16.4. The van der Waals surface area contributed by atoms with E-state index in [4.69, 9.17) is 36.0 Å². The van der Waals surface area contributed by atoms with Gasteiger partial charge in [0.05, 0.1) is 6.61 Å². The lowest BCUT2D eigenvalue weighted by Crippen LogP contribution is -2.28. The maximum absolute atomic E-state index is 7.41. The highest BCUT2D eigenvalue weighted by Crippen LogP contribution is 2.70. The van der Waals surface area contributed by atoms with E-state index in [1.165, 1.54) is 11.1 Å². The molecular formula is C62H80O8P2. The largest absolute Gasteiger partial charge is 0.528 e. The average molecular weight is 1020 g/mol. The molecule has 0 radical (unpaired) electrons. The topological polar surface area (TPSA) is 89.5 Å². The Morgan fingerprint density at radius 3 is 1.01 bits per heavy atom. The summed E-state index contributed by atoms with van der Waals surface area (Å²) in [5, 5.41) is 0. The van der Waals surface area contributed by atoms with Crippen LogP contribution in [0, 0.1) is 0 Å². The first-order valence-corrected chi connectivity index (χ1v) is 28.0. The van der Waals surface area contributed by atoms with Crippen LogP contribution >= 0.6 is 16.8 Å². The van der Waals surface area contributed by atoms with Crippen LogP contribution in [0.1, 0.15) is 204 Å². The molecule has 0 N–H and O–H groups in total. The summed E-state index contributed by atoms with van der Waals surface area (Å²) in [7, 11) is -4.26. The number of benzene rings is 5. The second-order valence-electron chi connectivity index (χ2n) is 28.4. The SMILES string of the molecule is CC(C)(C)c1cccc(C(C)(C)C)c1-c1c(-c2c(C(C)(C)C)cccc2C(C)(C)C)c2oop3ooc1c(-c1c(C(C)(C)C)cccc1C(C)(C)C)c2-c1c(C(C)(C)C)c2c4c(c1C(C)(C)COP(O4)O2)O3. The van der Waals surface area contributed by atoms with Crippen molar-refractivity contribution in [2.75, 3.05) is 6.61 Å². The lowest BCUT2D eigenvalue weighted by Gasteiger charge is -2.37. The molecule has 0 aliphatic carbocycles. The van der Waals surface area contributed by atoms with Crippen molar-refractivity contribution >= 4 is 28.0 Å². The Hall–Kier alpha value is -4.61. The molecule has 10 heteroatoms. The molecule has 2 atom stereocenters. The Kier molecular flexibility index (Phi) is 12.1. The van der Waals surface area contributed by atoms with E-state index >= 15 is 0 Å². The van der Waals surface area contributed by atoms with Gasteiger partial charge >= 0.3 is 16.8 Å². The lowest BCUT2D eigenvalue weighted by atomic mass is 9.66. The zero-order chi connectivity index (χ0) is 53.0. The van der Waals surface area contributed by atoms with Crippen LogP contribution in [0.2, 0.25) is 0 Å². The van der Waals surface area contributed by atoms with E-state index in [0.29, 0.717) is 35.0 Å². The predicted molar refractivity (Wildman–Crippen MR) is 298 cm³/mol. The van der Waals surface area contributed by atoms with Crippen molar-refractivity contribution in [1.29, 1.82) is 0 Å². The van der Waals surface area contributed by atoms with Crippen molar-refractivity contribution in [1.82, 2.24) is 0 Å². The number of hydrogen-bond acceptors (Lipinski definition) is 8. The molecule has 0 fully saturated rings. The van der Waals surface area contributed by atoms with Gasteiger partial charge in [-0.1, -0.05) is 214 Å². The van der Waals surface area contributed by atoms with Gasteiger partial charge in [0.25, 0.3) is 0 Å². The Morgan fingerprint density at radius 2 is 0.694 bits per heavy atom. The molecule has 10 rings (SSSR count). The van der Waals surface area contributed by atoms with Crippen molar-refractivity contribution in [3.05, 3.63) is 99.1 Å². The highest BCUT2D eigenvalue weighted by atomic mass is 31.2. The van der Waals surface area contributed by atoms with Crippen LogP contribution in [0.5, 0.6) is 17.2 Å². The van der Waals surface area contributed by atoms with Crippen LogP contribution in [0.3, 0.4) is 0 Å². The zero-order valence-electron chi connectivity index (χ0n) is 47.6. The molecule has 9 bridgehead atoms. The fourth-order valence-corrected chi connectivity index (χ4v) is 13.2. The quantitative estimate of drug-likeness (QED) is 0.128. The van der Waals surface area contributed by atoms with Gasteiger partial charge in [-0.3, -0.25) is 13.7 Å². The molecule has 2 aromatic heterocycles. The number of fused-ring (bicyclic) bond motifs is 3. The minimum absolute atomic E-state index is 0.294. The Labute approximate surface area is 432 Å². The van der Waals surface area contributed by atoms with Crippen LogP contribution in [0.25, 0.3) is 55.7 Å². The normalized spacial score (nSPS) is 17.0. The summed E-state index contributed by atoms with van der Waals surface area (Å²) in [5.41, 5.74) is 14.2. The van der Waals surface area contributed by atoms with E-state index in [1.54, 1.807) is 0 Å². The van der Waals surface area contributed by atoms with Crippen LogP contribution in [-0.4, -0.2) is 6.61 Å². The van der Waals surface area contributed by atoms with Gasteiger partial charge in [-0.25, -0.2) is 0 Å². The second kappa shape index (κ2) is 16.7. The van der Waals surface area contributed by atoms with Crippen molar-refractivity contribution in [2.24, 2.45) is 0 Å². The minimum Gasteiger partial charge on any atom is -0.413 e. The first-order chi connectivity index (χ1) is 32.9. The molecule has 8 nitrogen and oxygen atoms in total. The zero-order valence-corrected chi connectivity index (χ0v) is 49.4. The van der Waals surface area contributed by atoms with E-state index in [1.807, 2.05) is 0 Å². The van der Waals surface area contributed by atoms with E-state index in [9.17, 15) is 0 Å². The fraction of sp³-hybridized carbons (Fsp3) is 0.516. The van der Waals surface area contributed by atoms with Crippen molar-refractivity contribution < 1.29 is 36.0 Å². The molecule has 0 saturated carbocycles. The molecule has 0 spiro atoms. The van der Waals surface area contributed by atoms with Crippen LogP contribution < -0.4 is 13.6 Å². The van der Waals surface area contributed by atoms with Crippen molar-refractivity contribution in [2.45, 2.75) is 203 Å². The van der Waals surface area contributed by atoms with E-state index in [2.05, 4.69) is 214 Å². The highest BCUT2D eigenvalue weighted by Gasteiger charge is 2.51. The van der Waals surface area contributed by atoms with E-state index in [0.717, 1.165) is 77.9 Å². The van der Waals surface area contributed by atoms with Gasteiger partial charge < -0.3 is 13.6 Å². The number of hydrogen-bond donors (Lipinski definition) is 0. The Bertz CT molecular complexity index is 3140. The summed E-state index contributed by atoms with van der Waals surface area (Å²) in [6.07, 6.45) is 0. The molecule has 7 aromatic rings. The summed E-state index contributed by atoms with van der Waals surface area (Å²) in [5.74, 6) is 1.56. The molecule has 386 valence electrons. The smallest absolute Gasteiger partial charge is 0.413 e. The molecule has 5 aromatic carbocycles. The molecule has 2 unspecified atom stereocenters. The monoisotopic (exact) mass is 1010 g/mol. The summed E-state index contributed by atoms with van der Waals surface area (Å²) < 4.78 is 55.8. The summed E-state index contributed by atoms with van der Waals surface area (Å²) in [6.45, 7) is 53.0. The summed E-state index contributed by atoms with van der Waals surface area (Å²) in [6, 6.07) is 20.4. The van der Waals surface area contributed by atoms with Gasteiger partial charge in [0, 0.05) is 44.4 Å². The van der Waals surface area contributed by atoms with Gasteiger partial charge in [-0.15, -0.1) is 0 Å². The molecular weight excluding hydrogens is 935 g/mol. The van der Waals surface area contributed by atoms with E-state index < -0.39 is 27.7 Å². The summed E-state index contributed by atoms with van der Waals surface area (Å²) >= 11 is 0. The molecule has 0 saturated heterocycles. The van der Waals surface area contributed by atoms with Crippen LogP contribution in [-0.2, 0) is 47.8 Å². The van der Waals surface area contributed by atoms with Gasteiger partial charge in [0.1, 0.15) is 0 Å². The molecule has 3 aliphatic heterocycles. The first-order valence-electron chi connectivity index (χ1n) is 25.8. The van der Waals surface area contributed by atoms with Gasteiger partial charge in [-0.05, 0) is 88.0 Å². The average Bonchev–Trinajstić information content (AvgIpc) is 3.73. The van der Waals surface area contributed by atoms with Crippen molar-refractivity contribution in [3.63, 3.8) is 0 Å². The maximum atomic E-state index is 7.41. The van der Waals surface area contributed by atoms with E-state index in [-0.39, 0.29) is 32.5 Å². The molecule has 5 heterocycles. The lowest BCUT2D eigenvalue weighted by molar-refractivity contribution is 0.0611. The minimum atomic E-state index is -2.45. The van der Waals surface area contributed by atoms with Crippen LogP contribution in [0.4, 0.5) is 0 Å². The second-order valence-corrected chi connectivity index (χ2v) is 30.4.